The first-order chi connectivity index (χ1) is 9.76. The quantitative estimate of drug-likeness (QED) is 0.789. The summed E-state index contributed by atoms with van der Waals surface area (Å²) in [6.07, 6.45) is 4.85. The average molecular weight is 266 g/mol. The van der Waals surface area contributed by atoms with E-state index in [0.717, 1.165) is 35.2 Å². The van der Waals surface area contributed by atoms with Crippen LogP contribution < -0.4 is 5.32 Å². The molecule has 1 aromatic carbocycles. The highest BCUT2D eigenvalue weighted by molar-refractivity contribution is 5.91. The van der Waals surface area contributed by atoms with Crippen LogP contribution in [0.4, 0.5) is 5.69 Å². The topological polar surface area (TPSA) is 42.7 Å². The molecule has 102 valence electrons. The van der Waals surface area contributed by atoms with Crippen molar-refractivity contribution in [2.75, 3.05) is 5.32 Å². The van der Waals surface area contributed by atoms with Gasteiger partial charge in [-0.2, -0.15) is 5.10 Å². The van der Waals surface area contributed by atoms with Crippen molar-refractivity contribution < 1.29 is 0 Å². The van der Waals surface area contributed by atoms with Crippen LogP contribution in [-0.4, -0.2) is 14.8 Å². The lowest BCUT2D eigenvalue weighted by molar-refractivity contribution is 0.767. The Kier molecular flexibility index (Phi) is 3.37. The van der Waals surface area contributed by atoms with Crippen molar-refractivity contribution >= 4 is 16.6 Å². The molecular weight excluding hydrogens is 248 g/mol. The lowest BCUT2D eigenvalue weighted by atomic mass is 10.1. The minimum atomic E-state index is 0.769. The maximum Gasteiger partial charge on any atom is 0.0726 e. The number of hydrogen-bond acceptors (Lipinski definition) is 3. The van der Waals surface area contributed by atoms with Gasteiger partial charge in [-0.05, 0) is 18.6 Å². The molecule has 0 atom stereocenters. The summed E-state index contributed by atoms with van der Waals surface area (Å²) in [7, 11) is 1.93. The molecule has 2 heterocycles. The monoisotopic (exact) mass is 266 g/mol. The van der Waals surface area contributed by atoms with Gasteiger partial charge in [0.2, 0.25) is 0 Å². The molecule has 0 bridgehead atoms. The van der Waals surface area contributed by atoms with E-state index in [1.54, 1.807) is 0 Å². The van der Waals surface area contributed by atoms with Gasteiger partial charge in [-0.25, -0.2) is 0 Å². The summed E-state index contributed by atoms with van der Waals surface area (Å²) in [5.41, 5.74) is 4.46. The zero-order valence-corrected chi connectivity index (χ0v) is 11.8. The minimum Gasteiger partial charge on any atom is -0.380 e. The molecule has 3 rings (SSSR count). The molecule has 0 spiro atoms. The highest BCUT2D eigenvalue weighted by atomic mass is 15.2. The fraction of sp³-hybridized carbons (Fsp3) is 0.250. The van der Waals surface area contributed by atoms with Crippen LogP contribution in [0.3, 0.4) is 0 Å². The van der Waals surface area contributed by atoms with Crippen LogP contribution in [0.15, 0.2) is 42.7 Å². The van der Waals surface area contributed by atoms with E-state index in [1.165, 1.54) is 5.56 Å². The van der Waals surface area contributed by atoms with Gasteiger partial charge in [-0.15, -0.1) is 0 Å². The zero-order chi connectivity index (χ0) is 13.9. The van der Waals surface area contributed by atoms with Crippen molar-refractivity contribution in [3.63, 3.8) is 0 Å². The minimum absolute atomic E-state index is 0.769. The maximum absolute atomic E-state index is 4.66. The van der Waals surface area contributed by atoms with Gasteiger partial charge in [-0.1, -0.05) is 25.1 Å². The fourth-order valence-corrected chi connectivity index (χ4v) is 2.32. The number of aryl methyl sites for hydroxylation is 2. The Hall–Kier alpha value is -2.36. The molecule has 20 heavy (non-hydrogen) atoms. The summed E-state index contributed by atoms with van der Waals surface area (Å²) in [4.78, 5) is 4.66. The van der Waals surface area contributed by atoms with Crippen LogP contribution in [0.25, 0.3) is 10.9 Å². The summed E-state index contributed by atoms with van der Waals surface area (Å²) >= 11 is 0. The van der Waals surface area contributed by atoms with Crippen LogP contribution >= 0.6 is 0 Å². The zero-order valence-electron chi connectivity index (χ0n) is 11.8. The Morgan fingerprint density at radius 1 is 1.25 bits per heavy atom. The van der Waals surface area contributed by atoms with Crippen molar-refractivity contribution in [3.05, 3.63) is 54.0 Å². The third-order valence-corrected chi connectivity index (χ3v) is 3.37. The molecule has 0 radical (unpaired) electrons. The van der Waals surface area contributed by atoms with E-state index in [4.69, 9.17) is 0 Å². The molecule has 0 saturated carbocycles. The molecule has 0 saturated heterocycles. The number of hydrogen-bond donors (Lipinski definition) is 1. The van der Waals surface area contributed by atoms with E-state index in [-0.39, 0.29) is 0 Å². The van der Waals surface area contributed by atoms with E-state index in [9.17, 15) is 0 Å². The molecule has 0 aliphatic rings. The van der Waals surface area contributed by atoms with Crippen LogP contribution in [0.2, 0.25) is 0 Å². The van der Waals surface area contributed by atoms with Crippen molar-refractivity contribution in [3.8, 4) is 0 Å². The van der Waals surface area contributed by atoms with Crippen molar-refractivity contribution in [1.82, 2.24) is 14.8 Å². The number of nitrogens with zero attached hydrogens (tertiary/aromatic N) is 3. The summed E-state index contributed by atoms with van der Waals surface area (Å²) < 4.78 is 1.82. The van der Waals surface area contributed by atoms with Crippen molar-refractivity contribution in [2.45, 2.75) is 19.9 Å². The Labute approximate surface area is 118 Å². The summed E-state index contributed by atoms with van der Waals surface area (Å²) in [6.45, 7) is 2.90. The van der Waals surface area contributed by atoms with Gasteiger partial charge in [0, 0.05) is 42.1 Å². The molecule has 4 heteroatoms. The Bertz CT molecular complexity index is 730. The number of aromatic nitrogens is 3. The summed E-state index contributed by atoms with van der Waals surface area (Å²) in [5, 5.41) is 8.85. The first-order valence-corrected chi connectivity index (χ1v) is 6.86. The van der Waals surface area contributed by atoms with Crippen LogP contribution in [0.1, 0.15) is 18.2 Å². The second kappa shape index (κ2) is 5.33. The van der Waals surface area contributed by atoms with Gasteiger partial charge in [0.1, 0.15) is 0 Å². The number of pyridine rings is 1. The third kappa shape index (κ3) is 2.50. The van der Waals surface area contributed by atoms with Gasteiger partial charge >= 0.3 is 0 Å². The Morgan fingerprint density at radius 3 is 2.85 bits per heavy atom. The molecule has 0 unspecified atom stereocenters. The van der Waals surface area contributed by atoms with Gasteiger partial charge in [0.15, 0.2) is 0 Å². The average Bonchev–Trinajstić information content (AvgIpc) is 2.90. The summed E-state index contributed by atoms with van der Waals surface area (Å²) in [5.74, 6) is 0. The predicted octanol–water partition coefficient (Wildman–Crippen LogP) is 3.14. The SMILES string of the molecule is CCc1cc(NCc2cnn(C)c2)c2ccccc2n1. The molecular formula is C16H18N4. The van der Waals surface area contributed by atoms with E-state index in [2.05, 4.69) is 40.5 Å². The van der Waals surface area contributed by atoms with Crippen molar-refractivity contribution in [1.29, 1.82) is 0 Å². The van der Waals surface area contributed by atoms with Crippen LogP contribution in [0, 0.1) is 0 Å². The molecule has 3 aromatic rings. The third-order valence-electron chi connectivity index (χ3n) is 3.37. The molecule has 4 nitrogen and oxygen atoms in total. The molecule has 0 aliphatic heterocycles. The number of rotatable bonds is 4. The lowest BCUT2D eigenvalue weighted by Gasteiger charge is -2.10. The first-order valence-electron chi connectivity index (χ1n) is 6.86. The van der Waals surface area contributed by atoms with E-state index in [0.29, 0.717) is 0 Å². The highest BCUT2D eigenvalue weighted by Crippen LogP contribution is 2.23. The maximum atomic E-state index is 4.66. The standard InChI is InChI=1S/C16H18N4/c1-3-13-8-16(14-6-4-5-7-15(14)19-13)17-9-12-10-18-20(2)11-12/h4-8,10-11H,3,9H2,1-2H3,(H,17,19). The Balaban J connectivity index is 1.93. The van der Waals surface area contributed by atoms with Gasteiger partial charge in [-0.3, -0.25) is 9.67 Å². The number of fused-ring (bicyclic) bond motifs is 1. The molecule has 0 amide bonds. The van der Waals surface area contributed by atoms with E-state index in [1.807, 2.05) is 36.3 Å². The Morgan fingerprint density at radius 2 is 2.10 bits per heavy atom. The van der Waals surface area contributed by atoms with Crippen LogP contribution in [0.5, 0.6) is 0 Å². The molecule has 0 fully saturated rings. The largest absolute Gasteiger partial charge is 0.380 e. The van der Waals surface area contributed by atoms with Crippen molar-refractivity contribution in [2.24, 2.45) is 7.05 Å². The lowest BCUT2D eigenvalue weighted by Crippen LogP contribution is -2.01. The number of para-hydroxylation sites is 1. The van der Waals surface area contributed by atoms with Crippen LogP contribution in [-0.2, 0) is 20.0 Å². The second-order valence-electron chi connectivity index (χ2n) is 4.91. The van der Waals surface area contributed by atoms with E-state index >= 15 is 0 Å². The van der Waals surface area contributed by atoms with E-state index < -0.39 is 0 Å². The molecule has 2 aromatic heterocycles. The van der Waals surface area contributed by atoms with Gasteiger partial charge in [0.05, 0.1) is 11.7 Å². The smallest absolute Gasteiger partial charge is 0.0726 e. The molecule has 0 aliphatic carbocycles. The highest BCUT2D eigenvalue weighted by Gasteiger charge is 2.05. The second-order valence-corrected chi connectivity index (χ2v) is 4.91. The molecule has 1 N–H and O–H groups in total. The number of benzene rings is 1. The predicted molar refractivity (Wildman–Crippen MR) is 81.7 cm³/mol. The summed E-state index contributed by atoms with van der Waals surface area (Å²) in [6, 6.07) is 10.4. The van der Waals surface area contributed by atoms with Gasteiger partial charge < -0.3 is 5.32 Å². The number of nitrogens with one attached hydrogen (secondary N) is 1. The first kappa shape index (κ1) is 12.7. The number of anilines is 1. The van der Waals surface area contributed by atoms with Gasteiger partial charge in [0.25, 0.3) is 0 Å². The normalized spacial score (nSPS) is 10.9. The fourth-order valence-electron chi connectivity index (χ4n) is 2.32.